The summed E-state index contributed by atoms with van der Waals surface area (Å²) in [7, 11) is 1.29. The molecule has 0 radical (unpaired) electrons. The summed E-state index contributed by atoms with van der Waals surface area (Å²) < 4.78 is 4.66. The van der Waals surface area contributed by atoms with Crippen LogP contribution in [0.3, 0.4) is 0 Å². The van der Waals surface area contributed by atoms with E-state index in [1.807, 2.05) is 12.1 Å². The standard InChI is InChI=1S/C18H23N3O4/c1-25-17(23)10-15-18(24)19-7-8-21(15)11-16(22)20-14-6-5-12-3-2-4-13(12)9-14/h5-6,9,15H,2-4,7-8,10-11H2,1H3,(H,19,24)(H,20,22)/p+1/t15-/m1/s1. The maximum atomic E-state index is 12.4. The van der Waals surface area contributed by atoms with Crippen LogP contribution < -0.4 is 15.5 Å². The van der Waals surface area contributed by atoms with Gasteiger partial charge in [-0.15, -0.1) is 0 Å². The summed E-state index contributed by atoms with van der Waals surface area (Å²) >= 11 is 0. The van der Waals surface area contributed by atoms with Gasteiger partial charge in [0.05, 0.1) is 20.2 Å². The van der Waals surface area contributed by atoms with Gasteiger partial charge in [-0.2, -0.15) is 0 Å². The van der Waals surface area contributed by atoms with E-state index in [9.17, 15) is 14.4 Å². The number of anilines is 1. The van der Waals surface area contributed by atoms with E-state index in [0.717, 1.165) is 29.8 Å². The number of aryl methyl sites for hydroxylation is 2. The maximum Gasteiger partial charge on any atom is 0.312 e. The second-order valence-corrected chi connectivity index (χ2v) is 6.59. The molecule has 1 aliphatic carbocycles. The molecule has 1 saturated heterocycles. The Bertz CT molecular complexity index is 689. The highest BCUT2D eigenvalue weighted by atomic mass is 16.5. The molecule has 0 spiro atoms. The molecule has 0 saturated carbocycles. The molecule has 134 valence electrons. The second kappa shape index (κ2) is 7.65. The summed E-state index contributed by atoms with van der Waals surface area (Å²) in [6, 6.07) is 5.43. The van der Waals surface area contributed by atoms with Crippen LogP contribution >= 0.6 is 0 Å². The van der Waals surface area contributed by atoms with Crippen LogP contribution in [0.5, 0.6) is 0 Å². The molecular weight excluding hydrogens is 322 g/mol. The highest BCUT2D eigenvalue weighted by Crippen LogP contribution is 2.24. The Morgan fingerprint density at radius 2 is 2.12 bits per heavy atom. The number of quaternary nitrogens is 1. The number of rotatable bonds is 5. The average Bonchev–Trinajstić information content (AvgIpc) is 3.05. The number of ether oxygens (including phenoxy) is 1. The van der Waals surface area contributed by atoms with E-state index in [-0.39, 0.29) is 24.8 Å². The molecule has 0 aromatic heterocycles. The molecule has 3 N–H and O–H groups in total. The van der Waals surface area contributed by atoms with E-state index in [0.29, 0.717) is 13.1 Å². The van der Waals surface area contributed by atoms with Crippen molar-refractivity contribution in [2.75, 3.05) is 32.1 Å². The van der Waals surface area contributed by atoms with E-state index in [1.165, 1.54) is 18.2 Å². The number of piperazine rings is 1. The molecule has 2 atom stereocenters. The van der Waals surface area contributed by atoms with Gasteiger partial charge < -0.3 is 20.3 Å². The molecule has 2 aliphatic rings. The quantitative estimate of drug-likeness (QED) is 0.601. The minimum Gasteiger partial charge on any atom is -0.469 e. The molecular formula is C18H24N3O4+. The number of fused-ring (bicyclic) bond motifs is 1. The van der Waals surface area contributed by atoms with Crippen molar-refractivity contribution in [2.24, 2.45) is 0 Å². The molecule has 3 rings (SSSR count). The number of carbonyl (C=O) groups excluding carboxylic acids is 3. The van der Waals surface area contributed by atoms with Gasteiger partial charge in [0.15, 0.2) is 12.6 Å². The zero-order valence-electron chi connectivity index (χ0n) is 14.4. The Morgan fingerprint density at radius 3 is 2.92 bits per heavy atom. The Balaban J connectivity index is 1.62. The van der Waals surface area contributed by atoms with Crippen molar-refractivity contribution in [1.82, 2.24) is 5.32 Å². The topological polar surface area (TPSA) is 88.9 Å². The zero-order chi connectivity index (χ0) is 17.8. The molecule has 1 aromatic rings. The second-order valence-electron chi connectivity index (χ2n) is 6.59. The smallest absolute Gasteiger partial charge is 0.312 e. The van der Waals surface area contributed by atoms with Gasteiger partial charge in [0.2, 0.25) is 0 Å². The number of nitrogens with one attached hydrogen (secondary N) is 3. The van der Waals surface area contributed by atoms with E-state index in [4.69, 9.17) is 0 Å². The van der Waals surface area contributed by atoms with Crippen molar-refractivity contribution in [3.63, 3.8) is 0 Å². The highest BCUT2D eigenvalue weighted by molar-refractivity contribution is 5.92. The fourth-order valence-electron chi connectivity index (χ4n) is 3.59. The summed E-state index contributed by atoms with van der Waals surface area (Å²) in [5, 5.41) is 5.66. The van der Waals surface area contributed by atoms with E-state index < -0.39 is 12.0 Å². The number of methoxy groups -OCH3 is 1. The molecule has 1 aliphatic heterocycles. The molecule has 1 fully saturated rings. The number of amides is 2. The highest BCUT2D eigenvalue weighted by Gasteiger charge is 2.36. The minimum absolute atomic E-state index is 0.0240. The summed E-state index contributed by atoms with van der Waals surface area (Å²) in [4.78, 5) is 36.8. The SMILES string of the molecule is COC(=O)C[C@@H]1C(=O)NCC[NH+]1CC(=O)Nc1ccc2c(c1)CCC2. The number of hydrogen-bond donors (Lipinski definition) is 3. The Kier molecular flexibility index (Phi) is 5.33. The van der Waals surface area contributed by atoms with Gasteiger partial charge in [-0.1, -0.05) is 6.07 Å². The largest absolute Gasteiger partial charge is 0.469 e. The Morgan fingerprint density at radius 1 is 1.32 bits per heavy atom. The third kappa shape index (κ3) is 4.17. The van der Waals surface area contributed by atoms with Crippen molar-refractivity contribution in [3.05, 3.63) is 29.3 Å². The first-order chi connectivity index (χ1) is 12.1. The summed E-state index contributed by atoms with van der Waals surface area (Å²) in [5.41, 5.74) is 3.44. The molecule has 1 unspecified atom stereocenters. The lowest BCUT2D eigenvalue weighted by Gasteiger charge is -2.30. The summed E-state index contributed by atoms with van der Waals surface area (Å²) in [6.45, 7) is 1.25. The van der Waals surface area contributed by atoms with Gasteiger partial charge in [0.1, 0.15) is 6.42 Å². The van der Waals surface area contributed by atoms with E-state index in [2.05, 4.69) is 21.4 Å². The lowest BCUT2D eigenvalue weighted by molar-refractivity contribution is -0.909. The van der Waals surface area contributed by atoms with E-state index in [1.54, 1.807) is 0 Å². The summed E-state index contributed by atoms with van der Waals surface area (Å²) in [6.07, 6.45) is 3.29. The molecule has 7 heteroatoms. The molecule has 25 heavy (non-hydrogen) atoms. The Labute approximate surface area is 146 Å². The average molecular weight is 346 g/mol. The van der Waals surface area contributed by atoms with Crippen LogP contribution in [0.2, 0.25) is 0 Å². The van der Waals surface area contributed by atoms with Crippen LogP contribution in [-0.4, -0.2) is 50.6 Å². The van der Waals surface area contributed by atoms with Gasteiger partial charge in [-0.05, 0) is 42.5 Å². The van der Waals surface area contributed by atoms with Gasteiger partial charge >= 0.3 is 5.97 Å². The van der Waals surface area contributed by atoms with Crippen molar-refractivity contribution >= 4 is 23.5 Å². The van der Waals surface area contributed by atoms with Crippen LogP contribution in [0.4, 0.5) is 5.69 Å². The number of carbonyl (C=O) groups is 3. The molecule has 7 nitrogen and oxygen atoms in total. The Hall–Kier alpha value is -2.41. The predicted molar refractivity (Wildman–Crippen MR) is 91.2 cm³/mol. The van der Waals surface area contributed by atoms with Gasteiger partial charge in [0, 0.05) is 5.69 Å². The number of esters is 1. The van der Waals surface area contributed by atoms with Gasteiger partial charge in [-0.3, -0.25) is 14.4 Å². The predicted octanol–water partition coefficient (Wildman–Crippen LogP) is -0.940. The molecule has 0 bridgehead atoms. The molecule has 1 heterocycles. The van der Waals surface area contributed by atoms with Gasteiger partial charge in [-0.25, -0.2) is 0 Å². The van der Waals surface area contributed by atoms with Crippen LogP contribution in [0, 0.1) is 0 Å². The normalized spacial score (nSPS) is 22.0. The fourth-order valence-corrected chi connectivity index (χ4v) is 3.59. The van der Waals surface area contributed by atoms with Crippen LogP contribution in [-0.2, 0) is 32.0 Å². The van der Waals surface area contributed by atoms with Crippen LogP contribution in [0.25, 0.3) is 0 Å². The first kappa shape index (κ1) is 17.4. The first-order valence-electron chi connectivity index (χ1n) is 8.67. The zero-order valence-corrected chi connectivity index (χ0v) is 14.4. The van der Waals surface area contributed by atoms with Crippen LogP contribution in [0.15, 0.2) is 18.2 Å². The maximum absolute atomic E-state index is 12.4. The third-order valence-electron chi connectivity index (χ3n) is 4.92. The monoisotopic (exact) mass is 346 g/mol. The van der Waals surface area contributed by atoms with Crippen LogP contribution in [0.1, 0.15) is 24.0 Å². The molecule has 1 aromatic carbocycles. The van der Waals surface area contributed by atoms with Crippen molar-refractivity contribution in [3.8, 4) is 0 Å². The molecule has 2 amide bonds. The number of benzene rings is 1. The van der Waals surface area contributed by atoms with E-state index >= 15 is 0 Å². The van der Waals surface area contributed by atoms with Crippen molar-refractivity contribution in [1.29, 1.82) is 0 Å². The van der Waals surface area contributed by atoms with Gasteiger partial charge in [0.25, 0.3) is 11.8 Å². The summed E-state index contributed by atoms with van der Waals surface area (Å²) in [5.74, 6) is -0.812. The minimum atomic E-state index is -0.591. The number of hydrogen-bond acceptors (Lipinski definition) is 4. The lowest BCUT2D eigenvalue weighted by Crippen LogP contribution is -3.20. The van der Waals surface area contributed by atoms with Crippen molar-refractivity contribution in [2.45, 2.75) is 31.7 Å². The fraction of sp³-hybridized carbons (Fsp3) is 0.500. The first-order valence-corrected chi connectivity index (χ1v) is 8.67. The lowest BCUT2D eigenvalue weighted by atomic mass is 10.1. The van der Waals surface area contributed by atoms with Crippen molar-refractivity contribution < 1.29 is 24.0 Å². The third-order valence-corrected chi connectivity index (χ3v) is 4.92.